The highest BCUT2D eigenvalue weighted by Crippen LogP contribution is 2.13. The largest absolute Gasteiger partial charge is 0.494 e. The molecule has 0 saturated heterocycles. The fourth-order valence-corrected chi connectivity index (χ4v) is 1.83. The summed E-state index contributed by atoms with van der Waals surface area (Å²) < 4.78 is 5.35. The molecule has 0 heterocycles. The van der Waals surface area contributed by atoms with Crippen molar-refractivity contribution in [1.82, 2.24) is 5.32 Å². The number of hydrogen-bond donors (Lipinski definition) is 1. The van der Waals surface area contributed by atoms with Crippen molar-refractivity contribution in [3.05, 3.63) is 29.8 Å². The van der Waals surface area contributed by atoms with Gasteiger partial charge in [0.1, 0.15) is 5.75 Å². The number of ether oxygens (including phenoxy) is 1. The summed E-state index contributed by atoms with van der Waals surface area (Å²) in [7, 11) is 0. The van der Waals surface area contributed by atoms with Crippen molar-refractivity contribution in [3.8, 4) is 5.75 Å². The Morgan fingerprint density at radius 2 is 1.79 bits per heavy atom. The fraction of sp³-hybridized carbons (Fsp3) is 0.562. The molecule has 19 heavy (non-hydrogen) atoms. The van der Waals surface area contributed by atoms with Gasteiger partial charge in [0.05, 0.1) is 6.61 Å². The van der Waals surface area contributed by atoms with Gasteiger partial charge in [-0.1, -0.05) is 13.8 Å². The van der Waals surface area contributed by atoms with E-state index >= 15 is 0 Å². The lowest BCUT2D eigenvalue weighted by Crippen LogP contribution is -2.32. The zero-order valence-electron chi connectivity index (χ0n) is 12.4. The van der Waals surface area contributed by atoms with Gasteiger partial charge in [0.25, 0.3) is 5.91 Å². The van der Waals surface area contributed by atoms with E-state index in [4.69, 9.17) is 4.74 Å². The Labute approximate surface area is 116 Å². The molecule has 0 fully saturated rings. The average molecular weight is 263 g/mol. The molecule has 0 aliphatic rings. The predicted octanol–water partition coefficient (Wildman–Crippen LogP) is 3.64. The molecule has 3 heteroatoms. The summed E-state index contributed by atoms with van der Waals surface area (Å²) in [6, 6.07) is 7.47. The summed E-state index contributed by atoms with van der Waals surface area (Å²) in [5, 5.41) is 3.02. The Bertz CT molecular complexity index is 384. The lowest BCUT2D eigenvalue weighted by molar-refractivity contribution is 0.0937. The topological polar surface area (TPSA) is 38.3 Å². The number of benzene rings is 1. The maximum atomic E-state index is 12.0. The van der Waals surface area contributed by atoms with E-state index in [-0.39, 0.29) is 11.9 Å². The lowest BCUT2D eigenvalue weighted by Gasteiger charge is -2.15. The summed E-state index contributed by atoms with van der Waals surface area (Å²) in [6.07, 6.45) is 2.14. The van der Waals surface area contributed by atoms with Crippen LogP contribution >= 0.6 is 0 Å². The molecule has 0 aliphatic carbocycles. The van der Waals surface area contributed by atoms with Gasteiger partial charge in [-0.05, 0) is 56.9 Å². The first kappa shape index (κ1) is 15.5. The summed E-state index contributed by atoms with van der Waals surface area (Å²) in [4.78, 5) is 12.0. The first-order valence-corrected chi connectivity index (χ1v) is 7.06. The van der Waals surface area contributed by atoms with Gasteiger partial charge in [-0.25, -0.2) is 0 Å². The number of carbonyl (C=O) groups excluding carboxylic acids is 1. The number of carbonyl (C=O) groups is 1. The van der Waals surface area contributed by atoms with Crippen molar-refractivity contribution in [2.75, 3.05) is 6.61 Å². The highest BCUT2D eigenvalue weighted by Gasteiger charge is 2.10. The molecular weight excluding hydrogens is 238 g/mol. The van der Waals surface area contributed by atoms with E-state index in [1.807, 2.05) is 19.1 Å². The molecular formula is C16H25NO2. The maximum absolute atomic E-state index is 12.0. The van der Waals surface area contributed by atoms with Gasteiger partial charge in [-0.2, -0.15) is 0 Å². The second kappa shape index (κ2) is 7.82. The summed E-state index contributed by atoms with van der Waals surface area (Å²) >= 11 is 0. The third-order valence-electron chi connectivity index (χ3n) is 2.98. The minimum Gasteiger partial charge on any atom is -0.494 e. The first-order valence-electron chi connectivity index (χ1n) is 7.06. The van der Waals surface area contributed by atoms with E-state index in [1.54, 1.807) is 12.1 Å². The van der Waals surface area contributed by atoms with Gasteiger partial charge in [0, 0.05) is 11.6 Å². The van der Waals surface area contributed by atoms with Crippen LogP contribution in [0, 0.1) is 5.92 Å². The highest BCUT2D eigenvalue weighted by atomic mass is 16.5. The molecule has 1 amide bonds. The molecule has 0 aliphatic heterocycles. The average Bonchev–Trinajstić information content (AvgIpc) is 2.37. The van der Waals surface area contributed by atoms with Crippen LogP contribution in [0.15, 0.2) is 24.3 Å². The van der Waals surface area contributed by atoms with Crippen molar-refractivity contribution < 1.29 is 9.53 Å². The van der Waals surface area contributed by atoms with Gasteiger partial charge in [0.2, 0.25) is 0 Å². The quantitative estimate of drug-likeness (QED) is 0.815. The third-order valence-corrected chi connectivity index (χ3v) is 2.98. The van der Waals surface area contributed by atoms with Gasteiger partial charge in [0.15, 0.2) is 0 Å². The van der Waals surface area contributed by atoms with Gasteiger partial charge < -0.3 is 10.1 Å². The fourth-order valence-electron chi connectivity index (χ4n) is 1.83. The van der Waals surface area contributed by atoms with Crippen LogP contribution in [-0.2, 0) is 0 Å². The van der Waals surface area contributed by atoms with E-state index in [0.29, 0.717) is 18.1 Å². The summed E-state index contributed by atoms with van der Waals surface area (Å²) in [5.41, 5.74) is 0.680. The second-order valence-corrected chi connectivity index (χ2v) is 5.30. The third kappa shape index (κ3) is 5.77. The molecule has 0 spiro atoms. The molecule has 1 N–H and O–H groups in total. The van der Waals surface area contributed by atoms with E-state index in [1.165, 1.54) is 0 Å². The summed E-state index contributed by atoms with van der Waals surface area (Å²) in [6.45, 7) is 9.02. The van der Waals surface area contributed by atoms with Gasteiger partial charge >= 0.3 is 0 Å². The molecule has 0 saturated carbocycles. The van der Waals surface area contributed by atoms with Crippen LogP contribution in [0.4, 0.5) is 0 Å². The SMILES string of the molecule is CCOc1ccc(C(=O)NC(C)CCC(C)C)cc1. The Morgan fingerprint density at radius 1 is 1.16 bits per heavy atom. The maximum Gasteiger partial charge on any atom is 0.251 e. The normalized spacial score (nSPS) is 12.3. The smallest absolute Gasteiger partial charge is 0.251 e. The van der Waals surface area contributed by atoms with Crippen molar-refractivity contribution in [3.63, 3.8) is 0 Å². The van der Waals surface area contributed by atoms with Gasteiger partial charge in [-0.3, -0.25) is 4.79 Å². The molecule has 0 aromatic heterocycles. The van der Waals surface area contributed by atoms with Crippen molar-refractivity contribution in [1.29, 1.82) is 0 Å². The molecule has 1 aromatic rings. The van der Waals surface area contributed by atoms with Crippen LogP contribution in [0.25, 0.3) is 0 Å². The van der Waals surface area contributed by atoms with Crippen LogP contribution in [0.3, 0.4) is 0 Å². The number of hydrogen-bond acceptors (Lipinski definition) is 2. The second-order valence-electron chi connectivity index (χ2n) is 5.30. The van der Waals surface area contributed by atoms with Crippen LogP contribution in [0.2, 0.25) is 0 Å². The standard InChI is InChI=1S/C16H25NO2/c1-5-19-15-10-8-14(9-11-15)16(18)17-13(4)7-6-12(2)3/h8-13H,5-7H2,1-4H3,(H,17,18). The number of rotatable bonds is 7. The van der Waals surface area contributed by atoms with Crippen molar-refractivity contribution in [2.24, 2.45) is 5.92 Å². The van der Waals surface area contributed by atoms with Crippen LogP contribution in [0.5, 0.6) is 5.75 Å². The van der Waals surface area contributed by atoms with Crippen molar-refractivity contribution >= 4 is 5.91 Å². The van der Waals surface area contributed by atoms with Crippen LogP contribution < -0.4 is 10.1 Å². The Morgan fingerprint density at radius 3 is 2.32 bits per heavy atom. The molecule has 1 atom stereocenters. The van der Waals surface area contributed by atoms with Crippen LogP contribution in [0.1, 0.15) is 50.9 Å². The monoisotopic (exact) mass is 263 g/mol. The Balaban J connectivity index is 2.48. The van der Waals surface area contributed by atoms with E-state index < -0.39 is 0 Å². The first-order chi connectivity index (χ1) is 9.02. The van der Waals surface area contributed by atoms with E-state index in [0.717, 1.165) is 18.6 Å². The molecule has 1 unspecified atom stereocenters. The number of nitrogens with one attached hydrogen (secondary N) is 1. The zero-order chi connectivity index (χ0) is 14.3. The molecule has 0 radical (unpaired) electrons. The minimum absolute atomic E-state index is 0.0145. The van der Waals surface area contributed by atoms with E-state index in [2.05, 4.69) is 26.1 Å². The van der Waals surface area contributed by atoms with Gasteiger partial charge in [-0.15, -0.1) is 0 Å². The molecule has 1 aromatic carbocycles. The molecule has 0 bridgehead atoms. The summed E-state index contributed by atoms with van der Waals surface area (Å²) in [5.74, 6) is 1.45. The predicted molar refractivity (Wildman–Crippen MR) is 78.6 cm³/mol. The Hall–Kier alpha value is -1.51. The molecule has 106 valence electrons. The lowest BCUT2D eigenvalue weighted by atomic mass is 10.0. The zero-order valence-corrected chi connectivity index (χ0v) is 12.4. The highest BCUT2D eigenvalue weighted by molar-refractivity contribution is 5.94. The van der Waals surface area contributed by atoms with E-state index in [9.17, 15) is 4.79 Å². The van der Waals surface area contributed by atoms with Crippen molar-refractivity contribution in [2.45, 2.75) is 46.6 Å². The Kier molecular flexibility index (Phi) is 6.40. The number of amides is 1. The molecule has 3 nitrogen and oxygen atoms in total. The van der Waals surface area contributed by atoms with Crippen LogP contribution in [-0.4, -0.2) is 18.6 Å². The molecule has 1 rings (SSSR count). The minimum atomic E-state index is -0.0145.